The van der Waals surface area contributed by atoms with Gasteiger partial charge in [-0.05, 0) is 51.1 Å². The lowest BCUT2D eigenvalue weighted by atomic mass is 10.0. The van der Waals surface area contributed by atoms with Gasteiger partial charge in [-0.2, -0.15) is 5.10 Å². The molecule has 0 bridgehead atoms. The minimum Gasteiger partial charge on any atom is -0.394 e. The summed E-state index contributed by atoms with van der Waals surface area (Å²) in [6, 6.07) is 3.07. The first-order valence-corrected chi connectivity index (χ1v) is 11.4. The van der Waals surface area contributed by atoms with Crippen molar-refractivity contribution in [2.75, 3.05) is 31.1 Å². The van der Waals surface area contributed by atoms with E-state index in [9.17, 15) is 5.11 Å². The zero-order valence-corrected chi connectivity index (χ0v) is 17.2. The molecule has 3 aliphatic rings. The number of aromatic nitrogens is 4. The van der Waals surface area contributed by atoms with Crippen LogP contribution in [0, 0.1) is 0 Å². The Kier molecular flexibility index (Phi) is 5.50. The molecule has 0 spiro atoms. The molecule has 1 N–H and O–H groups in total. The molecule has 1 aliphatic carbocycles. The molecule has 4 heterocycles. The lowest BCUT2D eigenvalue weighted by molar-refractivity contribution is 0.173. The van der Waals surface area contributed by atoms with Gasteiger partial charge in [-0.1, -0.05) is 12.8 Å². The topological polar surface area (TPSA) is 70.3 Å². The minimum atomic E-state index is 0.104. The molecule has 156 valence electrons. The Morgan fingerprint density at radius 3 is 2.62 bits per heavy atom. The van der Waals surface area contributed by atoms with E-state index >= 15 is 0 Å². The van der Waals surface area contributed by atoms with Crippen LogP contribution in [0.2, 0.25) is 0 Å². The number of likely N-dealkylation sites (tertiary alicyclic amines) is 1. The van der Waals surface area contributed by atoms with Crippen LogP contribution in [0.1, 0.15) is 63.1 Å². The second-order valence-electron chi connectivity index (χ2n) is 8.66. The molecule has 2 aliphatic heterocycles. The molecule has 2 aromatic heterocycles. The van der Waals surface area contributed by atoms with E-state index in [-0.39, 0.29) is 6.61 Å². The molecule has 7 heteroatoms. The summed E-state index contributed by atoms with van der Waals surface area (Å²) in [6.45, 7) is 3.89. The number of rotatable bonds is 6. The Hall–Kier alpha value is -1.99. The Bertz CT molecular complexity index is 824. The standard InChI is InChI=1S/C22H32N6O/c29-15-14-28-21(20-8-5-13-27(20)17-6-1-2-7-17)18(16-24-28)19-9-10-23-22(25-19)26-11-3-4-12-26/h9-10,16-17,20,29H,1-8,11-15H2/t20-/m1/s1. The summed E-state index contributed by atoms with van der Waals surface area (Å²) < 4.78 is 2.02. The Morgan fingerprint density at radius 1 is 1.00 bits per heavy atom. The third kappa shape index (κ3) is 3.66. The van der Waals surface area contributed by atoms with Crippen LogP contribution in [0.5, 0.6) is 0 Å². The van der Waals surface area contributed by atoms with Crippen molar-refractivity contribution >= 4 is 5.95 Å². The van der Waals surface area contributed by atoms with Crippen molar-refractivity contribution in [1.29, 1.82) is 0 Å². The molecule has 2 saturated heterocycles. The van der Waals surface area contributed by atoms with Crippen molar-refractivity contribution < 1.29 is 5.11 Å². The first-order valence-electron chi connectivity index (χ1n) is 11.4. The maximum Gasteiger partial charge on any atom is 0.225 e. The van der Waals surface area contributed by atoms with E-state index < -0.39 is 0 Å². The third-order valence-corrected chi connectivity index (χ3v) is 6.90. The predicted octanol–water partition coefficient (Wildman–Crippen LogP) is 3.01. The van der Waals surface area contributed by atoms with Gasteiger partial charge in [0.05, 0.1) is 36.8 Å². The number of aliphatic hydroxyl groups excluding tert-OH is 1. The van der Waals surface area contributed by atoms with Crippen molar-refractivity contribution in [2.24, 2.45) is 0 Å². The molecule has 1 atom stereocenters. The van der Waals surface area contributed by atoms with Gasteiger partial charge < -0.3 is 10.0 Å². The van der Waals surface area contributed by atoms with E-state index in [1.807, 2.05) is 23.1 Å². The second kappa shape index (κ2) is 8.40. The maximum absolute atomic E-state index is 9.63. The summed E-state index contributed by atoms with van der Waals surface area (Å²) >= 11 is 0. The number of anilines is 1. The van der Waals surface area contributed by atoms with E-state index in [0.717, 1.165) is 36.7 Å². The van der Waals surface area contributed by atoms with E-state index in [0.29, 0.717) is 18.6 Å². The number of hydrogen-bond acceptors (Lipinski definition) is 6. The fourth-order valence-corrected chi connectivity index (χ4v) is 5.54. The summed E-state index contributed by atoms with van der Waals surface area (Å²) in [5.74, 6) is 0.833. The molecule has 0 aromatic carbocycles. The largest absolute Gasteiger partial charge is 0.394 e. The van der Waals surface area contributed by atoms with E-state index in [1.165, 1.54) is 57.2 Å². The van der Waals surface area contributed by atoms with Gasteiger partial charge in [0.25, 0.3) is 0 Å². The van der Waals surface area contributed by atoms with Gasteiger partial charge in [-0.15, -0.1) is 0 Å². The molecule has 5 rings (SSSR count). The minimum absolute atomic E-state index is 0.104. The van der Waals surface area contributed by atoms with Gasteiger partial charge in [0.2, 0.25) is 5.95 Å². The van der Waals surface area contributed by atoms with Gasteiger partial charge in [0.15, 0.2) is 0 Å². The zero-order valence-electron chi connectivity index (χ0n) is 17.2. The fraction of sp³-hybridized carbons (Fsp3) is 0.682. The monoisotopic (exact) mass is 396 g/mol. The second-order valence-corrected chi connectivity index (χ2v) is 8.66. The van der Waals surface area contributed by atoms with E-state index in [2.05, 4.69) is 19.9 Å². The average Bonchev–Trinajstić information content (AvgIpc) is 3.55. The van der Waals surface area contributed by atoms with Crippen LogP contribution >= 0.6 is 0 Å². The SMILES string of the molecule is OCCn1ncc(-c2ccnc(N3CCCC3)n2)c1[C@H]1CCCN1C1CCCC1. The summed E-state index contributed by atoms with van der Waals surface area (Å²) in [7, 11) is 0. The Balaban J connectivity index is 1.52. The van der Waals surface area contributed by atoms with Gasteiger partial charge in [0.1, 0.15) is 0 Å². The highest BCUT2D eigenvalue weighted by atomic mass is 16.3. The van der Waals surface area contributed by atoms with Gasteiger partial charge in [-0.3, -0.25) is 9.58 Å². The summed E-state index contributed by atoms with van der Waals surface area (Å²) in [4.78, 5) is 14.5. The number of hydrogen-bond donors (Lipinski definition) is 1. The molecular formula is C22H32N6O. The predicted molar refractivity (Wildman–Crippen MR) is 113 cm³/mol. The van der Waals surface area contributed by atoms with Crippen molar-refractivity contribution in [3.05, 3.63) is 24.2 Å². The zero-order chi connectivity index (χ0) is 19.6. The molecule has 0 radical (unpaired) electrons. The van der Waals surface area contributed by atoms with Crippen LogP contribution < -0.4 is 4.90 Å². The number of nitrogens with zero attached hydrogens (tertiary/aromatic N) is 6. The summed E-state index contributed by atoms with van der Waals surface area (Å²) in [5.41, 5.74) is 3.30. The van der Waals surface area contributed by atoms with Gasteiger partial charge in [-0.25, -0.2) is 9.97 Å². The highest BCUT2D eigenvalue weighted by Gasteiger charge is 2.36. The summed E-state index contributed by atoms with van der Waals surface area (Å²) in [6.07, 6.45) is 14.0. The lowest BCUT2D eigenvalue weighted by Crippen LogP contribution is -2.34. The van der Waals surface area contributed by atoms with Gasteiger partial charge >= 0.3 is 0 Å². The van der Waals surface area contributed by atoms with Crippen molar-refractivity contribution in [3.8, 4) is 11.3 Å². The third-order valence-electron chi connectivity index (χ3n) is 6.90. The normalized spacial score (nSPS) is 23.5. The fourth-order valence-electron chi connectivity index (χ4n) is 5.54. The average molecular weight is 397 g/mol. The van der Waals surface area contributed by atoms with Crippen molar-refractivity contribution in [3.63, 3.8) is 0 Å². The Labute approximate surface area is 172 Å². The molecule has 0 amide bonds. The van der Waals surface area contributed by atoms with Crippen LogP contribution in [0.4, 0.5) is 5.95 Å². The Morgan fingerprint density at radius 2 is 1.83 bits per heavy atom. The van der Waals surface area contributed by atoms with Crippen molar-refractivity contribution in [2.45, 2.75) is 70.0 Å². The molecule has 0 unspecified atom stereocenters. The molecular weight excluding hydrogens is 364 g/mol. The quantitative estimate of drug-likeness (QED) is 0.809. The molecule has 7 nitrogen and oxygen atoms in total. The van der Waals surface area contributed by atoms with Crippen LogP contribution in [0.15, 0.2) is 18.5 Å². The molecule has 29 heavy (non-hydrogen) atoms. The molecule has 3 fully saturated rings. The highest BCUT2D eigenvalue weighted by molar-refractivity contribution is 5.63. The van der Waals surface area contributed by atoms with E-state index in [1.54, 1.807) is 0 Å². The highest BCUT2D eigenvalue weighted by Crippen LogP contribution is 2.41. The number of aliphatic hydroxyl groups is 1. The van der Waals surface area contributed by atoms with Crippen molar-refractivity contribution in [1.82, 2.24) is 24.6 Å². The van der Waals surface area contributed by atoms with Crippen LogP contribution in [0.25, 0.3) is 11.3 Å². The van der Waals surface area contributed by atoms with E-state index in [4.69, 9.17) is 4.98 Å². The first kappa shape index (κ1) is 19.0. The van der Waals surface area contributed by atoms with Crippen LogP contribution in [0.3, 0.4) is 0 Å². The van der Waals surface area contributed by atoms with Crippen LogP contribution in [-0.4, -0.2) is 62.0 Å². The van der Waals surface area contributed by atoms with Crippen LogP contribution in [-0.2, 0) is 6.54 Å². The first-order chi connectivity index (χ1) is 14.3. The van der Waals surface area contributed by atoms with Gasteiger partial charge in [0, 0.05) is 30.9 Å². The molecule has 2 aromatic rings. The lowest BCUT2D eigenvalue weighted by Gasteiger charge is -2.31. The molecule has 1 saturated carbocycles. The smallest absolute Gasteiger partial charge is 0.225 e. The maximum atomic E-state index is 9.63. The summed E-state index contributed by atoms with van der Waals surface area (Å²) in [5, 5.41) is 14.3.